The van der Waals surface area contributed by atoms with Crippen molar-refractivity contribution in [1.29, 1.82) is 0 Å². The van der Waals surface area contributed by atoms with Gasteiger partial charge in [0.2, 0.25) is 5.91 Å². The van der Waals surface area contributed by atoms with Crippen molar-refractivity contribution in [3.8, 4) is 11.1 Å². The van der Waals surface area contributed by atoms with Gasteiger partial charge in [-0.05, 0) is 62.4 Å². The minimum atomic E-state index is -0.161. The summed E-state index contributed by atoms with van der Waals surface area (Å²) in [5.41, 5.74) is 3.78. The molecule has 2 aromatic carbocycles. The summed E-state index contributed by atoms with van der Waals surface area (Å²) >= 11 is 0. The second-order valence-electron chi connectivity index (χ2n) is 8.99. The molecule has 0 radical (unpaired) electrons. The van der Waals surface area contributed by atoms with Gasteiger partial charge in [-0.1, -0.05) is 54.6 Å². The predicted molar refractivity (Wildman–Crippen MR) is 126 cm³/mol. The molecule has 2 heterocycles. The quantitative estimate of drug-likeness (QED) is 0.634. The minimum Gasteiger partial charge on any atom is -0.466 e. The lowest BCUT2D eigenvalue weighted by atomic mass is 9.92. The van der Waals surface area contributed by atoms with Gasteiger partial charge in [-0.3, -0.25) is 14.5 Å². The fourth-order valence-corrected chi connectivity index (χ4v) is 4.92. The Morgan fingerprint density at radius 2 is 1.56 bits per heavy atom. The Morgan fingerprint density at radius 3 is 2.25 bits per heavy atom. The van der Waals surface area contributed by atoms with E-state index in [1.54, 1.807) is 0 Å². The lowest BCUT2D eigenvalue weighted by Gasteiger charge is -2.37. The molecule has 2 aliphatic heterocycles. The number of piperidine rings is 2. The van der Waals surface area contributed by atoms with Crippen LogP contribution in [0.1, 0.15) is 38.2 Å². The zero-order valence-electron chi connectivity index (χ0n) is 19.0. The summed E-state index contributed by atoms with van der Waals surface area (Å²) in [4.78, 5) is 29.5. The topological polar surface area (TPSA) is 49.9 Å². The van der Waals surface area contributed by atoms with Gasteiger partial charge in [-0.2, -0.15) is 0 Å². The number of ether oxygens (including phenoxy) is 1. The largest absolute Gasteiger partial charge is 0.466 e. The first-order chi connectivity index (χ1) is 15.6. The maximum atomic E-state index is 13.1. The van der Waals surface area contributed by atoms with Gasteiger partial charge in [-0.15, -0.1) is 0 Å². The van der Waals surface area contributed by atoms with Crippen molar-refractivity contribution in [2.75, 3.05) is 32.8 Å². The average molecular weight is 435 g/mol. The molecule has 5 heteroatoms. The van der Waals surface area contributed by atoms with E-state index in [2.05, 4.69) is 53.4 Å². The molecule has 2 saturated heterocycles. The standard InChI is InChI=1S/C27H34N2O3/c1-2-32-27(31)25-9-6-16-29(20-25)26(30)24-14-17-28(18-15-24)19-21-10-12-23(13-11-21)22-7-4-3-5-8-22/h3-5,7-8,10-13,24-25H,2,6,9,14-20H2,1H3/t25-/m0/s1. The lowest BCUT2D eigenvalue weighted by Crippen LogP contribution is -2.47. The van der Waals surface area contributed by atoms with Crippen LogP contribution < -0.4 is 0 Å². The molecule has 0 N–H and O–H groups in total. The predicted octanol–water partition coefficient (Wildman–Crippen LogP) is 4.37. The van der Waals surface area contributed by atoms with Crippen LogP contribution in [0.3, 0.4) is 0 Å². The van der Waals surface area contributed by atoms with Gasteiger partial charge in [0.15, 0.2) is 0 Å². The molecular formula is C27H34N2O3. The summed E-state index contributed by atoms with van der Waals surface area (Å²) in [7, 11) is 0. The van der Waals surface area contributed by atoms with Crippen LogP contribution in [-0.4, -0.2) is 54.5 Å². The van der Waals surface area contributed by atoms with Gasteiger partial charge in [0.1, 0.15) is 0 Å². The molecule has 2 fully saturated rings. The highest BCUT2D eigenvalue weighted by atomic mass is 16.5. The van der Waals surface area contributed by atoms with E-state index in [9.17, 15) is 9.59 Å². The first kappa shape index (κ1) is 22.5. The molecule has 0 saturated carbocycles. The lowest BCUT2D eigenvalue weighted by molar-refractivity contribution is -0.152. The molecule has 0 aliphatic carbocycles. The maximum Gasteiger partial charge on any atom is 0.310 e. The zero-order chi connectivity index (χ0) is 22.3. The van der Waals surface area contributed by atoms with Crippen LogP contribution in [0.15, 0.2) is 54.6 Å². The van der Waals surface area contributed by atoms with Crippen LogP contribution >= 0.6 is 0 Å². The molecule has 2 aromatic rings. The summed E-state index contributed by atoms with van der Waals surface area (Å²) in [6.07, 6.45) is 3.49. The smallest absolute Gasteiger partial charge is 0.310 e. The number of nitrogens with zero attached hydrogens (tertiary/aromatic N) is 2. The highest BCUT2D eigenvalue weighted by Gasteiger charge is 2.33. The molecule has 0 aromatic heterocycles. The third-order valence-corrected chi connectivity index (χ3v) is 6.76. The number of carbonyl (C=O) groups is 2. The van der Waals surface area contributed by atoms with E-state index in [1.165, 1.54) is 16.7 Å². The van der Waals surface area contributed by atoms with Crippen LogP contribution in [0.25, 0.3) is 11.1 Å². The Hall–Kier alpha value is -2.66. The van der Waals surface area contributed by atoms with E-state index >= 15 is 0 Å². The molecule has 0 spiro atoms. The molecule has 170 valence electrons. The van der Waals surface area contributed by atoms with Crippen molar-refractivity contribution < 1.29 is 14.3 Å². The number of hydrogen-bond donors (Lipinski definition) is 0. The van der Waals surface area contributed by atoms with Crippen molar-refractivity contribution >= 4 is 11.9 Å². The van der Waals surface area contributed by atoms with Gasteiger partial charge in [0, 0.05) is 25.6 Å². The van der Waals surface area contributed by atoms with Crippen LogP contribution in [0.2, 0.25) is 0 Å². The van der Waals surface area contributed by atoms with Crippen LogP contribution in [0.4, 0.5) is 0 Å². The van der Waals surface area contributed by atoms with Gasteiger partial charge >= 0.3 is 5.97 Å². The number of benzene rings is 2. The third-order valence-electron chi connectivity index (χ3n) is 6.76. The van der Waals surface area contributed by atoms with Crippen molar-refractivity contribution in [1.82, 2.24) is 9.80 Å². The molecule has 1 amide bonds. The van der Waals surface area contributed by atoms with Crippen molar-refractivity contribution in [3.63, 3.8) is 0 Å². The Bertz CT molecular complexity index is 889. The van der Waals surface area contributed by atoms with E-state index in [0.29, 0.717) is 13.2 Å². The van der Waals surface area contributed by atoms with Gasteiger partial charge in [0.05, 0.1) is 12.5 Å². The number of esters is 1. The normalized spacial score (nSPS) is 20.2. The summed E-state index contributed by atoms with van der Waals surface area (Å²) in [6.45, 7) is 6.31. The molecule has 0 unspecified atom stereocenters. The van der Waals surface area contributed by atoms with Crippen LogP contribution in [0.5, 0.6) is 0 Å². The monoisotopic (exact) mass is 434 g/mol. The summed E-state index contributed by atoms with van der Waals surface area (Å²) in [6, 6.07) is 19.2. The fourth-order valence-electron chi connectivity index (χ4n) is 4.92. The van der Waals surface area contributed by atoms with Crippen molar-refractivity contribution in [2.24, 2.45) is 11.8 Å². The van der Waals surface area contributed by atoms with E-state index in [1.807, 2.05) is 17.9 Å². The molecule has 0 bridgehead atoms. The average Bonchev–Trinajstić information content (AvgIpc) is 2.85. The Kier molecular flexibility index (Phi) is 7.59. The first-order valence-corrected chi connectivity index (χ1v) is 12.0. The first-order valence-electron chi connectivity index (χ1n) is 12.0. The Balaban J connectivity index is 1.26. The summed E-state index contributed by atoms with van der Waals surface area (Å²) in [5, 5.41) is 0. The number of likely N-dealkylation sites (tertiary alicyclic amines) is 2. The molecule has 5 nitrogen and oxygen atoms in total. The van der Waals surface area contributed by atoms with E-state index in [-0.39, 0.29) is 23.7 Å². The number of amides is 1. The second kappa shape index (κ2) is 10.8. The molecule has 2 aliphatic rings. The molecule has 1 atom stereocenters. The van der Waals surface area contributed by atoms with Crippen LogP contribution in [0, 0.1) is 11.8 Å². The molecular weight excluding hydrogens is 400 g/mol. The van der Waals surface area contributed by atoms with Gasteiger partial charge < -0.3 is 9.64 Å². The van der Waals surface area contributed by atoms with Gasteiger partial charge in [0.25, 0.3) is 0 Å². The highest BCUT2D eigenvalue weighted by molar-refractivity contribution is 5.80. The van der Waals surface area contributed by atoms with Gasteiger partial charge in [-0.25, -0.2) is 0 Å². The summed E-state index contributed by atoms with van der Waals surface area (Å²) < 4.78 is 5.17. The minimum absolute atomic E-state index is 0.0765. The van der Waals surface area contributed by atoms with E-state index in [0.717, 1.165) is 51.9 Å². The fraction of sp³-hybridized carbons (Fsp3) is 0.481. The third kappa shape index (κ3) is 5.57. The maximum absolute atomic E-state index is 13.1. The number of rotatable bonds is 6. The summed E-state index contributed by atoms with van der Waals surface area (Å²) in [5.74, 6) is -0.0109. The van der Waals surface area contributed by atoms with E-state index in [4.69, 9.17) is 4.74 Å². The number of carbonyl (C=O) groups excluding carboxylic acids is 2. The molecule has 4 rings (SSSR count). The van der Waals surface area contributed by atoms with E-state index < -0.39 is 0 Å². The second-order valence-corrected chi connectivity index (χ2v) is 8.99. The van der Waals surface area contributed by atoms with Crippen molar-refractivity contribution in [3.05, 3.63) is 60.2 Å². The highest BCUT2D eigenvalue weighted by Crippen LogP contribution is 2.26. The zero-order valence-corrected chi connectivity index (χ0v) is 19.0. The number of hydrogen-bond acceptors (Lipinski definition) is 4. The molecule has 32 heavy (non-hydrogen) atoms. The Morgan fingerprint density at radius 1 is 0.875 bits per heavy atom. The van der Waals surface area contributed by atoms with Crippen LogP contribution in [-0.2, 0) is 20.9 Å². The SMILES string of the molecule is CCOC(=O)[C@H]1CCCN(C(=O)C2CCN(Cc3ccc(-c4ccccc4)cc3)CC2)C1. The van der Waals surface area contributed by atoms with Crippen molar-refractivity contribution in [2.45, 2.75) is 39.2 Å². The Labute approximate surface area is 191 Å².